The molecule has 4 heteroatoms. The standard InChI is InChI=1S/C12H15FO3/c1-12(2,7-11(14)15)8-16-10-5-3-4-9(13)6-10/h3-6H,7-8H2,1-2H3,(H,14,15). The maximum atomic E-state index is 12.8. The zero-order chi connectivity index (χ0) is 12.2. The van der Waals surface area contributed by atoms with Gasteiger partial charge in [0, 0.05) is 11.5 Å². The largest absolute Gasteiger partial charge is 0.493 e. The summed E-state index contributed by atoms with van der Waals surface area (Å²) in [4.78, 5) is 10.6. The van der Waals surface area contributed by atoms with Gasteiger partial charge >= 0.3 is 5.97 Å². The molecule has 0 fully saturated rings. The van der Waals surface area contributed by atoms with Crippen LogP contribution in [0.1, 0.15) is 20.3 Å². The molecule has 0 aliphatic heterocycles. The molecule has 0 atom stereocenters. The molecule has 3 nitrogen and oxygen atoms in total. The smallest absolute Gasteiger partial charge is 0.304 e. The lowest BCUT2D eigenvalue weighted by Gasteiger charge is -2.22. The summed E-state index contributed by atoms with van der Waals surface area (Å²) in [6.07, 6.45) is 0.0162. The molecule has 16 heavy (non-hydrogen) atoms. The molecule has 0 aliphatic rings. The van der Waals surface area contributed by atoms with E-state index in [2.05, 4.69) is 0 Å². The highest BCUT2D eigenvalue weighted by Gasteiger charge is 2.22. The molecule has 0 radical (unpaired) electrons. The van der Waals surface area contributed by atoms with Crippen LogP contribution < -0.4 is 4.74 Å². The van der Waals surface area contributed by atoms with Crippen LogP contribution >= 0.6 is 0 Å². The summed E-state index contributed by atoms with van der Waals surface area (Å²) in [5.74, 6) is -0.820. The zero-order valence-corrected chi connectivity index (χ0v) is 9.37. The minimum absolute atomic E-state index is 0.0162. The molecule has 1 rings (SSSR count). The molecule has 0 spiro atoms. The molecule has 1 aromatic rings. The third kappa shape index (κ3) is 4.29. The van der Waals surface area contributed by atoms with Crippen LogP contribution in [-0.2, 0) is 4.79 Å². The molecule has 0 saturated carbocycles. The van der Waals surface area contributed by atoms with Crippen molar-refractivity contribution in [2.45, 2.75) is 20.3 Å². The second-order valence-electron chi connectivity index (χ2n) is 4.48. The number of benzene rings is 1. The van der Waals surface area contributed by atoms with Gasteiger partial charge in [0.15, 0.2) is 0 Å². The second-order valence-corrected chi connectivity index (χ2v) is 4.48. The molecule has 0 amide bonds. The third-order valence-electron chi connectivity index (χ3n) is 2.06. The van der Waals surface area contributed by atoms with E-state index in [-0.39, 0.29) is 18.8 Å². The van der Waals surface area contributed by atoms with Gasteiger partial charge in [-0.15, -0.1) is 0 Å². The minimum Gasteiger partial charge on any atom is -0.493 e. The van der Waals surface area contributed by atoms with Crippen LogP contribution in [0.15, 0.2) is 24.3 Å². The summed E-state index contributed by atoms with van der Waals surface area (Å²) in [5.41, 5.74) is -0.474. The van der Waals surface area contributed by atoms with Gasteiger partial charge in [0.25, 0.3) is 0 Å². The Labute approximate surface area is 93.9 Å². The summed E-state index contributed by atoms with van der Waals surface area (Å²) in [6, 6.07) is 5.79. The Morgan fingerprint density at radius 1 is 1.50 bits per heavy atom. The molecular weight excluding hydrogens is 211 g/mol. The van der Waals surface area contributed by atoms with Crippen molar-refractivity contribution in [2.24, 2.45) is 5.41 Å². The molecule has 88 valence electrons. The molecule has 0 heterocycles. The Balaban J connectivity index is 2.54. The van der Waals surface area contributed by atoms with E-state index in [1.165, 1.54) is 12.1 Å². The predicted octanol–water partition coefficient (Wildman–Crippen LogP) is 2.71. The summed E-state index contributed by atoms with van der Waals surface area (Å²) in [7, 11) is 0. The number of carboxylic acid groups (broad SMARTS) is 1. The molecule has 1 aromatic carbocycles. The molecule has 0 unspecified atom stereocenters. The highest BCUT2D eigenvalue weighted by atomic mass is 19.1. The van der Waals surface area contributed by atoms with Crippen LogP contribution in [0.2, 0.25) is 0 Å². The van der Waals surface area contributed by atoms with Crippen molar-refractivity contribution < 1.29 is 19.0 Å². The van der Waals surface area contributed by atoms with Crippen LogP contribution in [-0.4, -0.2) is 17.7 Å². The first-order chi connectivity index (χ1) is 7.39. The van der Waals surface area contributed by atoms with E-state index in [1.807, 2.05) is 0 Å². The van der Waals surface area contributed by atoms with Gasteiger partial charge in [-0.2, -0.15) is 0 Å². The molecule has 0 aliphatic carbocycles. The summed E-state index contributed by atoms with van der Waals surface area (Å²) < 4.78 is 18.2. The van der Waals surface area contributed by atoms with Crippen LogP contribution in [0.4, 0.5) is 4.39 Å². The Hall–Kier alpha value is -1.58. The van der Waals surface area contributed by atoms with E-state index in [9.17, 15) is 9.18 Å². The van der Waals surface area contributed by atoms with Crippen molar-refractivity contribution in [3.8, 4) is 5.75 Å². The van der Waals surface area contributed by atoms with Crippen LogP contribution in [0.3, 0.4) is 0 Å². The van der Waals surface area contributed by atoms with E-state index in [0.717, 1.165) is 0 Å². The van der Waals surface area contributed by atoms with E-state index in [1.54, 1.807) is 26.0 Å². The normalized spacial score (nSPS) is 11.2. The van der Waals surface area contributed by atoms with Gasteiger partial charge in [-0.05, 0) is 12.1 Å². The quantitative estimate of drug-likeness (QED) is 0.839. The number of carboxylic acids is 1. The summed E-state index contributed by atoms with van der Waals surface area (Å²) in [5, 5.41) is 8.67. The lowest BCUT2D eigenvalue weighted by atomic mass is 9.91. The Morgan fingerprint density at radius 3 is 2.75 bits per heavy atom. The average molecular weight is 226 g/mol. The van der Waals surface area contributed by atoms with E-state index >= 15 is 0 Å². The van der Waals surface area contributed by atoms with Crippen LogP contribution in [0.25, 0.3) is 0 Å². The van der Waals surface area contributed by atoms with Gasteiger partial charge in [0.1, 0.15) is 11.6 Å². The zero-order valence-electron chi connectivity index (χ0n) is 9.37. The highest BCUT2D eigenvalue weighted by Crippen LogP contribution is 2.22. The minimum atomic E-state index is -0.868. The maximum Gasteiger partial charge on any atom is 0.304 e. The summed E-state index contributed by atoms with van der Waals surface area (Å²) in [6.45, 7) is 3.82. The van der Waals surface area contributed by atoms with Gasteiger partial charge in [0.05, 0.1) is 13.0 Å². The first-order valence-corrected chi connectivity index (χ1v) is 4.99. The van der Waals surface area contributed by atoms with Crippen molar-refractivity contribution in [1.29, 1.82) is 0 Å². The third-order valence-corrected chi connectivity index (χ3v) is 2.06. The van der Waals surface area contributed by atoms with E-state index in [0.29, 0.717) is 5.75 Å². The number of carbonyl (C=O) groups is 1. The number of aliphatic carboxylic acids is 1. The topological polar surface area (TPSA) is 46.5 Å². The molecule has 1 N–H and O–H groups in total. The Morgan fingerprint density at radius 2 is 2.19 bits per heavy atom. The number of ether oxygens (including phenoxy) is 1. The first-order valence-electron chi connectivity index (χ1n) is 4.99. The Kier molecular flexibility index (Phi) is 3.88. The van der Waals surface area contributed by atoms with E-state index < -0.39 is 11.4 Å². The number of hydrogen-bond acceptors (Lipinski definition) is 2. The van der Waals surface area contributed by atoms with Crippen LogP contribution in [0.5, 0.6) is 5.75 Å². The van der Waals surface area contributed by atoms with Gasteiger partial charge in [-0.3, -0.25) is 4.79 Å². The van der Waals surface area contributed by atoms with Gasteiger partial charge < -0.3 is 9.84 Å². The second kappa shape index (κ2) is 4.96. The van der Waals surface area contributed by atoms with Crippen molar-refractivity contribution in [3.63, 3.8) is 0 Å². The van der Waals surface area contributed by atoms with Crippen molar-refractivity contribution in [1.82, 2.24) is 0 Å². The van der Waals surface area contributed by atoms with Crippen LogP contribution in [0, 0.1) is 11.2 Å². The molecule has 0 bridgehead atoms. The molecule has 0 saturated heterocycles. The highest BCUT2D eigenvalue weighted by molar-refractivity contribution is 5.67. The van der Waals surface area contributed by atoms with Gasteiger partial charge in [-0.1, -0.05) is 19.9 Å². The molecular formula is C12H15FO3. The SMILES string of the molecule is CC(C)(COc1cccc(F)c1)CC(=O)O. The first kappa shape index (κ1) is 12.5. The van der Waals surface area contributed by atoms with Crippen molar-refractivity contribution in [3.05, 3.63) is 30.1 Å². The lowest BCUT2D eigenvalue weighted by Crippen LogP contribution is -2.24. The van der Waals surface area contributed by atoms with Gasteiger partial charge in [-0.25, -0.2) is 4.39 Å². The number of rotatable bonds is 5. The van der Waals surface area contributed by atoms with E-state index in [4.69, 9.17) is 9.84 Å². The molecule has 0 aromatic heterocycles. The lowest BCUT2D eigenvalue weighted by molar-refractivity contribution is -0.139. The fourth-order valence-corrected chi connectivity index (χ4v) is 1.30. The maximum absolute atomic E-state index is 12.8. The predicted molar refractivity (Wildman–Crippen MR) is 57.9 cm³/mol. The fraction of sp³-hybridized carbons (Fsp3) is 0.417. The van der Waals surface area contributed by atoms with Gasteiger partial charge in [0.2, 0.25) is 0 Å². The van der Waals surface area contributed by atoms with Crippen molar-refractivity contribution in [2.75, 3.05) is 6.61 Å². The number of hydrogen-bond donors (Lipinski definition) is 1. The summed E-state index contributed by atoms with van der Waals surface area (Å²) >= 11 is 0. The average Bonchev–Trinajstić information content (AvgIpc) is 2.13. The monoisotopic (exact) mass is 226 g/mol. The Bertz CT molecular complexity index is 374. The van der Waals surface area contributed by atoms with Crippen molar-refractivity contribution >= 4 is 5.97 Å². The number of halogens is 1. The fourth-order valence-electron chi connectivity index (χ4n) is 1.30.